The van der Waals surface area contributed by atoms with Gasteiger partial charge in [-0.1, -0.05) is 0 Å². The molecule has 0 aliphatic heterocycles. The number of nitrogens with zero attached hydrogens (tertiary/aromatic N) is 2. The first kappa shape index (κ1) is 15.9. The van der Waals surface area contributed by atoms with Crippen LogP contribution in [0.15, 0.2) is 0 Å². The Balaban J connectivity index is 2.44. The van der Waals surface area contributed by atoms with Crippen LogP contribution in [0.2, 0.25) is 0 Å². The number of rotatable bonds is 7. The van der Waals surface area contributed by atoms with E-state index in [0.29, 0.717) is 6.10 Å². The molecule has 4 nitrogen and oxygen atoms in total. The highest BCUT2D eigenvalue weighted by molar-refractivity contribution is 4.95. The number of nitrogens with two attached hydrogens (primary N) is 1. The minimum Gasteiger partial charge on any atom is -0.381 e. The van der Waals surface area contributed by atoms with Gasteiger partial charge in [0, 0.05) is 19.2 Å². The van der Waals surface area contributed by atoms with Crippen molar-refractivity contribution in [2.75, 3.05) is 47.9 Å². The molecule has 2 N–H and O–H groups in total. The molecule has 1 fully saturated rings. The normalized spacial score (nSPS) is 29.2. The van der Waals surface area contributed by atoms with Gasteiger partial charge in [0.05, 0.1) is 6.10 Å². The Bertz CT molecular complexity index is 225. The summed E-state index contributed by atoms with van der Waals surface area (Å²) in [7, 11) is 8.31. The van der Waals surface area contributed by atoms with Crippen LogP contribution >= 0.6 is 0 Å². The van der Waals surface area contributed by atoms with Crippen LogP contribution in [0, 0.1) is 0 Å². The molecule has 0 amide bonds. The van der Waals surface area contributed by atoms with Crippen LogP contribution in [0.25, 0.3) is 0 Å². The molecule has 1 aliphatic carbocycles. The van der Waals surface area contributed by atoms with E-state index in [1.165, 1.54) is 19.3 Å². The molecule has 0 aromatic heterocycles. The summed E-state index contributed by atoms with van der Waals surface area (Å²) in [6.45, 7) is 3.04. The molecule has 0 atom stereocenters. The highest BCUT2D eigenvalue weighted by Gasteiger charge is 2.37. The Morgan fingerprint density at radius 1 is 1.17 bits per heavy atom. The van der Waals surface area contributed by atoms with Gasteiger partial charge in [0.25, 0.3) is 0 Å². The highest BCUT2D eigenvalue weighted by atomic mass is 16.5. The minimum atomic E-state index is 0.210. The van der Waals surface area contributed by atoms with E-state index in [1.807, 2.05) is 7.11 Å². The number of likely N-dealkylation sites (N-methyl/N-ethyl adjacent to an activating group) is 1. The zero-order valence-electron chi connectivity index (χ0n) is 12.6. The summed E-state index contributed by atoms with van der Waals surface area (Å²) in [5.74, 6) is 0. The van der Waals surface area contributed by atoms with Crippen LogP contribution in [0.4, 0.5) is 0 Å². The first-order valence-electron chi connectivity index (χ1n) is 7.13. The van der Waals surface area contributed by atoms with Gasteiger partial charge in [0.1, 0.15) is 0 Å². The number of methoxy groups -OCH3 is 1. The summed E-state index contributed by atoms with van der Waals surface area (Å²) >= 11 is 0. The maximum atomic E-state index is 6.06. The third kappa shape index (κ3) is 4.19. The van der Waals surface area contributed by atoms with E-state index in [4.69, 9.17) is 10.5 Å². The Labute approximate surface area is 112 Å². The van der Waals surface area contributed by atoms with Crippen molar-refractivity contribution < 1.29 is 4.74 Å². The topological polar surface area (TPSA) is 41.7 Å². The molecule has 0 heterocycles. The maximum absolute atomic E-state index is 6.06. The molecule has 1 aliphatic rings. The lowest BCUT2D eigenvalue weighted by Gasteiger charge is -2.46. The second kappa shape index (κ2) is 7.43. The Morgan fingerprint density at radius 2 is 1.78 bits per heavy atom. The molecular formula is C14H31N3O. The van der Waals surface area contributed by atoms with Crippen LogP contribution in [0.5, 0.6) is 0 Å². The fraction of sp³-hybridized carbons (Fsp3) is 1.00. The molecule has 0 aromatic carbocycles. The molecule has 0 unspecified atom stereocenters. The molecular weight excluding hydrogens is 226 g/mol. The zero-order chi connectivity index (χ0) is 13.6. The second-order valence-corrected chi connectivity index (χ2v) is 5.94. The average Bonchev–Trinajstić information content (AvgIpc) is 2.38. The van der Waals surface area contributed by atoms with Gasteiger partial charge >= 0.3 is 0 Å². The summed E-state index contributed by atoms with van der Waals surface area (Å²) in [6, 6.07) is 0. The molecule has 108 valence electrons. The first-order valence-corrected chi connectivity index (χ1v) is 7.13. The van der Waals surface area contributed by atoms with Crippen molar-refractivity contribution in [3.63, 3.8) is 0 Å². The van der Waals surface area contributed by atoms with Crippen molar-refractivity contribution in [1.29, 1.82) is 0 Å². The first-order chi connectivity index (χ1) is 8.54. The summed E-state index contributed by atoms with van der Waals surface area (Å²) in [4.78, 5) is 4.73. The van der Waals surface area contributed by atoms with Crippen LogP contribution in [0.3, 0.4) is 0 Å². The van der Waals surface area contributed by atoms with Crippen molar-refractivity contribution in [2.45, 2.75) is 43.7 Å². The van der Waals surface area contributed by atoms with Crippen molar-refractivity contribution in [1.82, 2.24) is 9.80 Å². The predicted molar refractivity (Wildman–Crippen MR) is 76.9 cm³/mol. The Morgan fingerprint density at radius 3 is 2.22 bits per heavy atom. The molecule has 18 heavy (non-hydrogen) atoms. The fourth-order valence-electron chi connectivity index (χ4n) is 2.97. The van der Waals surface area contributed by atoms with Crippen molar-refractivity contribution in [3.8, 4) is 0 Å². The van der Waals surface area contributed by atoms with Crippen molar-refractivity contribution in [2.24, 2.45) is 5.73 Å². The van der Waals surface area contributed by atoms with Crippen molar-refractivity contribution in [3.05, 3.63) is 0 Å². The van der Waals surface area contributed by atoms with Gasteiger partial charge in [-0.15, -0.1) is 0 Å². The van der Waals surface area contributed by atoms with E-state index in [2.05, 4.69) is 30.9 Å². The van der Waals surface area contributed by atoms with E-state index in [1.54, 1.807) is 0 Å². The van der Waals surface area contributed by atoms with Gasteiger partial charge < -0.3 is 15.4 Å². The molecule has 0 spiro atoms. The van der Waals surface area contributed by atoms with E-state index in [-0.39, 0.29) is 5.54 Å². The quantitative estimate of drug-likeness (QED) is 0.743. The SMILES string of the molecule is COC1CCC(CN)(N(C)CCCN(C)C)CC1. The number of hydrogen-bond donors (Lipinski definition) is 1. The van der Waals surface area contributed by atoms with Crippen LogP contribution < -0.4 is 5.73 Å². The Kier molecular flexibility index (Phi) is 6.57. The molecule has 1 rings (SSSR count). The van der Waals surface area contributed by atoms with E-state index in [9.17, 15) is 0 Å². The fourth-order valence-corrected chi connectivity index (χ4v) is 2.97. The summed E-state index contributed by atoms with van der Waals surface area (Å²) in [6.07, 6.45) is 6.27. The van der Waals surface area contributed by atoms with Gasteiger partial charge in [0.2, 0.25) is 0 Å². The zero-order valence-corrected chi connectivity index (χ0v) is 12.6. The van der Waals surface area contributed by atoms with Gasteiger partial charge in [-0.2, -0.15) is 0 Å². The van der Waals surface area contributed by atoms with Crippen LogP contribution in [-0.4, -0.2) is 69.3 Å². The van der Waals surface area contributed by atoms with Crippen molar-refractivity contribution >= 4 is 0 Å². The minimum absolute atomic E-state index is 0.210. The third-order valence-corrected chi connectivity index (χ3v) is 4.49. The van der Waals surface area contributed by atoms with Crippen LogP contribution in [0.1, 0.15) is 32.1 Å². The van der Waals surface area contributed by atoms with Gasteiger partial charge in [-0.05, 0) is 66.3 Å². The van der Waals surface area contributed by atoms with Gasteiger partial charge in [-0.3, -0.25) is 4.90 Å². The molecule has 0 aromatic rings. The highest BCUT2D eigenvalue weighted by Crippen LogP contribution is 2.33. The molecule has 0 bridgehead atoms. The van der Waals surface area contributed by atoms with E-state index < -0.39 is 0 Å². The summed E-state index contributed by atoms with van der Waals surface area (Å²) in [5, 5.41) is 0. The predicted octanol–water partition coefficient (Wildman–Crippen LogP) is 1.16. The lowest BCUT2D eigenvalue weighted by Crippen LogP contribution is -2.55. The maximum Gasteiger partial charge on any atom is 0.0572 e. The van der Waals surface area contributed by atoms with Gasteiger partial charge in [0.15, 0.2) is 0 Å². The largest absolute Gasteiger partial charge is 0.381 e. The average molecular weight is 257 g/mol. The third-order valence-electron chi connectivity index (χ3n) is 4.49. The smallest absolute Gasteiger partial charge is 0.0572 e. The summed E-state index contributed by atoms with van der Waals surface area (Å²) in [5.41, 5.74) is 6.27. The van der Waals surface area contributed by atoms with E-state index in [0.717, 1.165) is 32.5 Å². The number of hydrogen-bond acceptors (Lipinski definition) is 4. The monoisotopic (exact) mass is 257 g/mol. The molecule has 0 saturated heterocycles. The molecule has 4 heteroatoms. The summed E-state index contributed by atoms with van der Waals surface area (Å²) < 4.78 is 5.46. The van der Waals surface area contributed by atoms with Crippen LogP contribution in [-0.2, 0) is 4.74 Å². The molecule has 1 saturated carbocycles. The van der Waals surface area contributed by atoms with E-state index >= 15 is 0 Å². The second-order valence-electron chi connectivity index (χ2n) is 5.94. The lowest BCUT2D eigenvalue weighted by atomic mass is 9.79. The number of ether oxygens (including phenoxy) is 1. The molecule has 0 radical (unpaired) electrons. The lowest BCUT2D eigenvalue weighted by molar-refractivity contribution is 0.00268. The van der Waals surface area contributed by atoms with Gasteiger partial charge in [-0.25, -0.2) is 0 Å². The standard InChI is InChI=1S/C14H31N3O/c1-16(2)10-5-11-17(3)14(12-15)8-6-13(18-4)7-9-14/h13H,5-12,15H2,1-4H3. The Hall–Kier alpha value is -0.160.